The first-order chi connectivity index (χ1) is 10.1. The van der Waals surface area contributed by atoms with Crippen LogP contribution in [0.5, 0.6) is 11.5 Å². The van der Waals surface area contributed by atoms with Crippen molar-refractivity contribution in [1.29, 1.82) is 0 Å². The second kappa shape index (κ2) is 8.35. The maximum absolute atomic E-state index is 9.92. The molecule has 0 saturated heterocycles. The van der Waals surface area contributed by atoms with Gasteiger partial charge in [-0.05, 0) is 41.5 Å². The van der Waals surface area contributed by atoms with Gasteiger partial charge in [0, 0.05) is 6.07 Å². The standard InChI is InChI=1S/C17H20O2.C2H6/c1-12(2)15-10-14(16(18)11-17(15)19)9-8-13-6-4-3-5-7-13;1-2/h3-7,10-12,18-19H,8-9H2,1-2H3;1-2H3. The Balaban J connectivity index is 0.00000106. The lowest BCUT2D eigenvalue weighted by atomic mass is 9.96. The number of hydrogen-bond acceptors (Lipinski definition) is 2. The molecule has 2 rings (SSSR count). The quantitative estimate of drug-likeness (QED) is 0.827. The van der Waals surface area contributed by atoms with Crippen LogP contribution >= 0.6 is 0 Å². The minimum absolute atomic E-state index is 0.177. The highest BCUT2D eigenvalue weighted by Crippen LogP contribution is 2.32. The van der Waals surface area contributed by atoms with E-state index in [4.69, 9.17) is 0 Å². The highest BCUT2D eigenvalue weighted by Gasteiger charge is 2.11. The van der Waals surface area contributed by atoms with Crippen molar-refractivity contribution in [3.8, 4) is 11.5 Å². The van der Waals surface area contributed by atoms with Crippen LogP contribution in [0.2, 0.25) is 0 Å². The zero-order valence-corrected chi connectivity index (χ0v) is 13.4. The molecule has 0 fully saturated rings. The van der Waals surface area contributed by atoms with Gasteiger partial charge >= 0.3 is 0 Å². The zero-order valence-electron chi connectivity index (χ0n) is 13.4. The fourth-order valence-electron chi connectivity index (χ4n) is 2.23. The SMILES string of the molecule is CC.CC(C)c1cc(CCc2ccccc2)c(O)cc1O. The second-order valence-electron chi connectivity index (χ2n) is 5.18. The molecule has 2 N–H and O–H groups in total. The van der Waals surface area contributed by atoms with Crippen LogP contribution in [0.25, 0.3) is 0 Å². The third-order valence-electron chi connectivity index (χ3n) is 3.38. The summed E-state index contributed by atoms with van der Waals surface area (Å²) in [4.78, 5) is 0. The van der Waals surface area contributed by atoms with Crippen molar-refractivity contribution in [2.75, 3.05) is 0 Å². The van der Waals surface area contributed by atoms with E-state index in [9.17, 15) is 10.2 Å². The second-order valence-corrected chi connectivity index (χ2v) is 5.18. The summed E-state index contributed by atoms with van der Waals surface area (Å²) in [5.41, 5.74) is 3.03. The number of phenolic OH excluding ortho intramolecular Hbond substituents is 2. The molecule has 2 aromatic carbocycles. The maximum Gasteiger partial charge on any atom is 0.122 e. The molecule has 114 valence electrons. The molecule has 0 saturated carbocycles. The lowest BCUT2D eigenvalue weighted by Gasteiger charge is -2.12. The smallest absolute Gasteiger partial charge is 0.122 e. The van der Waals surface area contributed by atoms with E-state index in [1.54, 1.807) is 0 Å². The Morgan fingerprint density at radius 3 is 2.05 bits per heavy atom. The van der Waals surface area contributed by atoms with Crippen LogP contribution in [-0.4, -0.2) is 10.2 Å². The van der Waals surface area contributed by atoms with E-state index in [1.165, 1.54) is 11.6 Å². The summed E-state index contributed by atoms with van der Waals surface area (Å²) in [5.74, 6) is 0.602. The summed E-state index contributed by atoms with van der Waals surface area (Å²) in [6.07, 6.45) is 1.66. The Hall–Kier alpha value is -1.96. The molecule has 0 atom stereocenters. The topological polar surface area (TPSA) is 40.5 Å². The summed E-state index contributed by atoms with van der Waals surface area (Å²) in [7, 11) is 0. The molecule has 2 heteroatoms. The molecule has 0 aliphatic carbocycles. The molecular formula is C19H26O2. The molecule has 0 unspecified atom stereocenters. The van der Waals surface area contributed by atoms with Gasteiger partial charge in [-0.3, -0.25) is 0 Å². The number of aryl methyl sites for hydroxylation is 2. The lowest BCUT2D eigenvalue weighted by Crippen LogP contribution is -1.96. The molecule has 0 heterocycles. The summed E-state index contributed by atoms with van der Waals surface area (Å²) in [6.45, 7) is 8.07. The van der Waals surface area contributed by atoms with Crippen molar-refractivity contribution < 1.29 is 10.2 Å². The molecule has 0 bridgehead atoms. The number of rotatable bonds is 4. The van der Waals surface area contributed by atoms with E-state index in [2.05, 4.69) is 12.1 Å². The first-order valence-electron chi connectivity index (χ1n) is 7.66. The van der Waals surface area contributed by atoms with Crippen LogP contribution in [0.1, 0.15) is 50.3 Å². The van der Waals surface area contributed by atoms with Crippen LogP contribution < -0.4 is 0 Å². The summed E-state index contributed by atoms with van der Waals surface area (Å²) in [6, 6.07) is 13.6. The minimum Gasteiger partial charge on any atom is -0.508 e. The van der Waals surface area contributed by atoms with Gasteiger partial charge in [-0.15, -0.1) is 0 Å². The van der Waals surface area contributed by atoms with Crippen molar-refractivity contribution in [2.24, 2.45) is 0 Å². The molecule has 21 heavy (non-hydrogen) atoms. The van der Waals surface area contributed by atoms with Crippen molar-refractivity contribution in [3.05, 3.63) is 59.2 Å². The van der Waals surface area contributed by atoms with E-state index in [-0.39, 0.29) is 17.4 Å². The van der Waals surface area contributed by atoms with E-state index in [0.29, 0.717) is 0 Å². The van der Waals surface area contributed by atoms with Gasteiger partial charge in [-0.2, -0.15) is 0 Å². The Bertz CT molecular complexity index is 545. The van der Waals surface area contributed by atoms with Crippen molar-refractivity contribution in [2.45, 2.75) is 46.5 Å². The van der Waals surface area contributed by atoms with Crippen molar-refractivity contribution in [3.63, 3.8) is 0 Å². The van der Waals surface area contributed by atoms with Crippen molar-refractivity contribution >= 4 is 0 Å². The maximum atomic E-state index is 9.92. The van der Waals surface area contributed by atoms with Gasteiger partial charge in [0.05, 0.1) is 0 Å². The first kappa shape index (κ1) is 17.1. The largest absolute Gasteiger partial charge is 0.508 e. The monoisotopic (exact) mass is 286 g/mol. The number of aromatic hydroxyl groups is 2. The van der Waals surface area contributed by atoms with Crippen LogP contribution in [-0.2, 0) is 12.8 Å². The molecule has 0 aliphatic rings. The number of phenols is 2. The van der Waals surface area contributed by atoms with Gasteiger partial charge in [-0.25, -0.2) is 0 Å². The average Bonchev–Trinajstić information content (AvgIpc) is 2.49. The molecule has 0 amide bonds. The van der Waals surface area contributed by atoms with E-state index >= 15 is 0 Å². The van der Waals surface area contributed by atoms with E-state index < -0.39 is 0 Å². The molecular weight excluding hydrogens is 260 g/mol. The predicted molar refractivity (Wildman–Crippen MR) is 89.1 cm³/mol. The Morgan fingerprint density at radius 2 is 1.48 bits per heavy atom. The fraction of sp³-hybridized carbons (Fsp3) is 0.368. The normalized spacial score (nSPS) is 10.1. The number of benzene rings is 2. The van der Waals surface area contributed by atoms with Crippen molar-refractivity contribution in [1.82, 2.24) is 0 Å². The highest BCUT2D eigenvalue weighted by molar-refractivity contribution is 5.46. The first-order valence-corrected chi connectivity index (χ1v) is 7.66. The predicted octanol–water partition coefficient (Wildman–Crippen LogP) is 5.03. The van der Waals surface area contributed by atoms with Gasteiger partial charge in [0.2, 0.25) is 0 Å². The van der Waals surface area contributed by atoms with Gasteiger partial charge in [0.15, 0.2) is 0 Å². The summed E-state index contributed by atoms with van der Waals surface area (Å²) >= 11 is 0. The molecule has 0 aliphatic heterocycles. The molecule has 0 radical (unpaired) electrons. The van der Waals surface area contributed by atoms with Crippen LogP contribution in [0.15, 0.2) is 42.5 Å². The summed E-state index contributed by atoms with van der Waals surface area (Å²) < 4.78 is 0. The van der Waals surface area contributed by atoms with E-state index in [0.717, 1.165) is 24.0 Å². The molecule has 0 spiro atoms. The summed E-state index contributed by atoms with van der Waals surface area (Å²) in [5, 5.41) is 19.7. The molecule has 2 nitrogen and oxygen atoms in total. The third kappa shape index (κ3) is 4.82. The Morgan fingerprint density at radius 1 is 0.857 bits per heavy atom. The Labute approximate surface area is 128 Å². The Kier molecular flexibility index (Phi) is 6.80. The molecule has 0 aromatic heterocycles. The zero-order chi connectivity index (χ0) is 15.8. The van der Waals surface area contributed by atoms with Crippen LogP contribution in [0, 0.1) is 0 Å². The van der Waals surface area contributed by atoms with Gasteiger partial charge in [0.25, 0.3) is 0 Å². The van der Waals surface area contributed by atoms with Crippen LogP contribution in [0.3, 0.4) is 0 Å². The van der Waals surface area contributed by atoms with E-state index in [1.807, 2.05) is 52.0 Å². The lowest BCUT2D eigenvalue weighted by molar-refractivity contribution is 0.439. The third-order valence-corrected chi connectivity index (χ3v) is 3.38. The average molecular weight is 286 g/mol. The van der Waals surface area contributed by atoms with Gasteiger partial charge < -0.3 is 10.2 Å². The minimum atomic E-state index is 0.177. The van der Waals surface area contributed by atoms with Gasteiger partial charge in [-0.1, -0.05) is 58.0 Å². The fourth-order valence-corrected chi connectivity index (χ4v) is 2.23. The number of hydrogen-bond donors (Lipinski definition) is 2. The van der Waals surface area contributed by atoms with Gasteiger partial charge in [0.1, 0.15) is 11.5 Å². The van der Waals surface area contributed by atoms with Crippen LogP contribution in [0.4, 0.5) is 0 Å². The highest BCUT2D eigenvalue weighted by atomic mass is 16.3. The molecule has 2 aromatic rings.